The van der Waals surface area contributed by atoms with Crippen molar-refractivity contribution in [3.63, 3.8) is 0 Å². The number of nitrogens with one attached hydrogen (secondary N) is 1. The van der Waals surface area contributed by atoms with Crippen molar-refractivity contribution in [3.8, 4) is 0 Å². The van der Waals surface area contributed by atoms with Gasteiger partial charge in [-0.3, -0.25) is 4.79 Å². The second kappa shape index (κ2) is 6.86. The Morgan fingerprint density at radius 3 is 2.80 bits per heavy atom. The van der Waals surface area contributed by atoms with Gasteiger partial charge in [-0.1, -0.05) is 24.3 Å². The molecule has 4 nitrogen and oxygen atoms in total. The summed E-state index contributed by atoms with van der Waals surface area (Å²) in [4.78, 5) is 14.1. The fourth-order valence-electron chi connectivity index (χ4n) is 2.43. The van der Waals surface area contributed by atoms with E-state index in [1.165, 1.54) is 11.1 Å². The van der Waals surface area contributed by atoms with Gasteiger partial charge in [-0.05, 0) is 31.4 Å². The van der Waals surface area contributed by atoms with Gasteiger partial charge in [0.15, 0.2) is 0 Å². The zero-order valence-corrected chi connectivity index (χ0v) is 12.6. The molecular weight excluding hydrogens is 252 g/mol. The second-order valence-corrected chi connectivity index (χ2v) is 5.59. The monoisotopic (exact) mass is 276 g/mol. The highest BCUT2D eigenvalue weighted by Gasteiger charge is 2.26. The SMILES string of the molecule is CC(C)OCCN(C)C(=O)C1Cc2ccccc2CN1. The molecule has 1 aliphatic rings. The molecule has 0 aliphatic carbocycles. The van der Waals surface area contributed by atoms with Gasteiger partial charge in [-0.25, -0.2) is 0 Å². The van der Waals surface area contributed by atoms with Gasteiger partial charge in [0.2, 0.25) is 5.91 Å². The Morgan fingerprint density at radius 2 is 2.10 bits per heavy atom. The summed E-state index contributed by atoms with van der Waals surface area (Å²) in [6.07, 6.45) is 0.975. The molecule has 0 fully saturated rings. The number of fused-ring (bicyclic) bond motifs is 1. The van der Waals surface area contributed by atoms with Crippen LogP contribution in [-0.2, 0) is 22.5 Å². The van der Waals surface area contributed by atoms with E-state index in [0.717, 1.165) is 13.0 Å². The van der Waals surface area contributed by atoms with Crippen LogP contribution in [0.1, 0.15) is 25.0 Å². The Kier molecular flexibility index (Phi) is 5.15. The molecule has 0 saturated carbocycles. The molecule has 0 spiro atoms. The van der Waals surface area contributed by atoms with E-state index in [4.69, 9.17) is 4.74 Å². The van der Waals surface area contributed by atoms with E-state index in [-0.39, 0.29) is 18.1 Å². The number of nitrogens with zero attached hydrogens (tertiary/aromatic N) is 1. The van der Waals surface area contributed by atoms with Crippen molar-refractivity contribution < 1.29 is 9.53 Å². The molecule has 1 amide bonds. The third kappa shape index (κ3) is 3.81. The molecule has 1 aliphatic heterocycles. The third-order valence-corrected chi connectivity index (χ3v) is 3.63. The highest BCUT2D eigenvalue weighted by atomic mass is 16.5. The lowest BCUT2D eigenvalue weighted by Gasteiger charge is -2.29. The highest BCUT2D eigenvalue weighted by Crippen LogP contribution is 2.17. The first-order chi connectivity index (χ1) is 9.58. The average Bonchev–Trinajstić information content (AvgIpc) is 2.45. The van der Waals surface area contributed by atoms with E-state index < -0.39 is 0 Å². The molecule has 1 aromatic carbocycles. The van der Waals surface area contributed by atoms with Crippen molar-refractivity contribution in [1.82, 2.24) is 10.2 Å². The van der Waals surface area contributed by atoms with Crippen LogP contribution >= 0.6 is 0 Å². The van der Waals surface area contributed by atoms with Gasteiger partial charge >= 0.3 is 0 Å². The topological polar surface area (TPSA) is 41.6 Å². The maximum atomic E-state index is 12.4. The van der Waals surface area contributed by atoms with E-state index in [1.54, 1.807) is 4.90 Å². The first-order valence-corrected chi connectivity index (χ1v) is 7.24. The summed E-state index contributed by atoms with van der Waals surface area (Å²) in [5, 5.41) is 3.32. The minimum atomic E-state index is -0.117. The molecule has 0 aromatic heterocycles. The first kappa shape index (κ1) is 15.0. The number of rotatable bonds is 5. The van der Waals surface area contributed by atoms with Gasteiger partial charge in [0.05, 0.1) is 18.8 Å². The number of hydrogen-bond acceptors (Lipinski definition) is 3. The number of benzene rings is 1. The average molecular weight is 276 g/mol. The Labute approximate surface area is 121 Å². The Balaban J connectivity index is 1.87. The standard InChI is InChI=1S/C16H24N2O2/c1-12(2)20-9-8-18(3)16(19)15-10-13-6-4-5-7-14(13)11-17-15/h4-7,12,15,17H,8-11H2,1-3H3. The molecule has 1 heterocycles. The summed E-state index contributed by atoms with van der Waals surface area (Å²) in [5.74, 6) is 0.145. The van der Waals surface area contributed by atoms with Gasteiger partial charge in [0.25, 0.3) is 0 Å². The van der Waals surface area contributed by atoms with Crippen LogP contribution in [0.15, 0.2) is 24.3 Å². The summed E-state index contributed by atoms with van der Waals surface area (Å²) >= 11 is 0. The normalized spacial score (nSPS) is 17.9. The van der Waals surface area contributed by atoms with Crippen molar-refractivity contribution >= 4 is 5.91 Å². The van der Waals surface area contributed by atoms with Crippen molar-refractivity contribution in [1.29, 1.82) is 0 Å². The second-order valence-electron chi connectivity index (χ2n) is 5.59. The smallest absolute Gasteiger partial charge is 0.239 e. The first-order valence-electron chi connectivity index (χ1n) is 7.24. The van der Waals surface area contributed by atoms with Gasteiger partial charge < -0.3 is 15.0 Å². The van der Waals surface area contributed by atoms with Crippen molar-refractivity contribution in [3.05, 3.63) is 35.4 Å². The van der Waals surface area contributed by atoms with Gasteiger partial charge in [0.1, 0.15) is 0 Å². The predicted molar refractivity (Wildman–Crippen MR) is 79.5 cm³/mol. The zero-order chi connectivity index (χ0) is 14.5. The molecule has 1 N–H and O–H groups in total. The molecule has 0 saturated heterocycles. The lowest BCUT2D eigenvalue weighted by molar-refractivity contribution is -0.133. The maximum absolute atomic E-state index is 12.4. The lowest BCUT2D eigenvalue weighted by Crippen LogP contribution is -2.49. The molecule has 1 aromatic rings. The summed E-state index contributed by atoms with van der Waals surface area (Å²) < 4.78 is 5.49. The summed E-state index contributed by atoms with van der Waals surface area (Å²) in [7, 11) is 1.84. The van der Waals surface area contributed by atoms with Crippen molar-refractivity contribution in [2.24, 2.45) is 0 Å². The number of amides is 1. The molecule has 2 rings (SSSR count). The van der Waals surface area contributed by atoms with Crippen LogP contribution in [0.2, 0.25) is 0 Å². The van der Waals surface area contributed by atoms with Crippen LogP contribution in [0.4, 0.5) is 0 Å². The van der Waals surface area contributed by atoms with E-state index >= 15 is 0 Å². The van der Waals surface area contributed by atoms with Crippen molar-refractivity contribution in [2.75, 3.05) is 20.2 Å². The van der Waals surface area contributed by atoms with Crippen LogP contribution in [-0.4, -0.2) is 43.2 Å². The molecule has 1 atom stereocenters. The summed E-state index contributed by atoms with van der Waals surface area (Å²) in [6, 6.07) is 8.18. The molecule has 0 bridgehead atoms. The van der Waals surface area contributed by atoms with E-state index in [2.05, 4.69) is 17.4 Å². The zero-order valence-electron chi connectivity index (χ0n) is 12.6. The molecule has 4 heteroatoms. The minimum absolute atomic E-state index is 0.117. The third-order valence-electron chi connectivity index (χ3n) is 3.63. The predicted octanol–water partition coefficient (Wildman–Crippen LogP) is 1.58. The molecule has 1 unspecified atom stereocenters. The van der Waals surface area contributed by atoms with Crippen LogP contribution in [0.5, 0.6) is 0 Å². The summed E-state index contributed by atoms with van der Waals surface area (Å²) in [6.45, 7) is 5.99. The Bertz CT molecular complexity index is 460. The largest absolute Gasteiger partial charge is 0.377 e. The maximum Gasteiger partial charge on any atom is 0.239 e. The van der Waals surface area contributed by atoms with Gasteiger partial charge in [0, 0.05) is 20.1 Å². The van der Waals surface area contributed by atoms with E-state index in [9.17, 15) is 4.79 Å². The molecule has 20 heavy (non-hydrogen) atoms. The Morgan fingerprint density at radius 1 is 1.40 bits per heavy atom. The quantitative estimate of drug-likeness (QED) is 0.888. The fraction of sp³-hybridized carbons (Fsp3) is 0.562. The fourth-order valence-corrected chi connectivity index (χ4v) is 2.43. The van der Waals surface area contributed by atoms with E-state index in [0.29, 0.717) is 13.2 Å². The number of ether oxygens (including phenoxy) is 1. The van der Waals surface area contributed by atoms with Crippen LogP contribution in [0.3, 0.4) is 0 Å². The van der Waals surface area contributed by atoms with Crippen molar-refractivity contribution in [2.45, 2.75) is 39.0 Å². The molecule has 0 radical (unpaired) electrons. The number of likely N-dealkylation sites (N-methyl/N-ethyl adjacent to an activating group) is 1. The molecule has 110 valence electrons. The number of hydrogen-bond donors (Lipinski definition) is 1. The molecular formula is C16H24N2O2. The van der Waals surface area contributed by atoms with Gasteiger partial charge in [-0.2, -0.15) is 0 Å². The van der Waals surface area contributed by atoms with Crippen LogP contribution in [0.25, 0.3) is 0 Å². The summed E-state index contributed by atoms with van der Waals surface area (Å²) in [5.41, 5.74) is 2.57. The van der Waals surface area contributed by atoms with Gasteiger partial charge in [-0.15, -0.1) is 0 Å². The number of carbonyl (C=O) groups is 1. The minimum Gasteiger partial charge on any atom is -0.377 e. The highest BCUT2D eigenvalue weighted by molar-refractivity contribution is 5.82. The van der Waals surface area contributed by atoms with Crippen LogP contribution in [0, 0.1) is 0 Å². The Hall–Kier alpha value is -1.39. The van der Waals surface area contributed by atoms with E-state index in [1.807, 2.05) is 33.0 Å². The lowest BCUT2D eigenvalue weighted by atomic mass is 9.95. The number of carbonyl (C=O) groups excluding carboxylic acids is 1. The van der Waals surface area contributed by atoms with Crippen LogP contribution < -0.4 is 5.32 Å².